The fraction of sp³-hybridized carbons (Fsp3) is 0.333. The lowest BCUT2D eigenvalue weighted by Gasteiger charge is -2.35. The van der Waals surface area contributed by atoms with Crippen LogP contribution in [-0.2, 0) is 12.8 Å². The molecule has 1 aliphatic heterocycles. The van der Waals surface area contributed by atoms with Crippen LogP contribution in [0.5, 0.6) is 0 Å². The van der Waals surface area contributed by atoms with Crippen LogP contribution in [0.25, 0.3) is 0 Å². The summed E-state index contributed by atoms with van der Waals surface area (Å²) in [5, 5.41) is 4.27. The molecule has 0 saturated carbocycles. The molecular weight excluding hydrogens is 458 g/mol. The first-order chi connectivity index (χ1) is 16.1. The Morgan fingerprint density at radius 1 is 1.03 bits per heavy atom. The smallest absolute Gasteiger partial charge is 0.257 e. The number of piperazine rings is 1. The molecule has 7 nitrogen and oxygen atoms in total. The molecule has 33 heavy (non-hydrogen) atoms. The van der Waals surface area contributed by atoms with Crippen molar-refractivity contribution in [2.24, 2.45) is 0 Å². The molecule has 0 atom stereocenters. The highest BCUT2D eigenvalue weighted by atomic mass is 35.5. The SMILES string of the molecule is O=C(Nc1sc2c(c1C(=O)N1CCN(c3ccc(Cl)cn3)CC1)CCCC2)c1cccnc1. The van der Waals surface area contributed by atoms with Crippen molar-refractivity contribution < 1.29 is 9.59 Å². The normalized spacial score (nSPS) is 15.8. The number of nitrogens with zero attached hydrogens (tertiary/aromatic N) is 4. The molecule has 1 saturated heterocycles. The first-order valence-electron chi connectivity index (χ1n) is 11.1. The highest BCUT2D eigenvalue weighted by molar-refractivity contribution is 7.17. The predicted octanol–water partition coefficient (Wildman–Crippen LogP) is 4.29. The summed E-state index contributed by atoms with van der Waals surface area (Å²) in [6, 6.07) is 7.19. The number of pyridine rings is 2. The largest absolute Gasteiger partial charge is 0.353 e. The summed E-state index contributed by atoms with van der Waals surface area (Å²) < 4.78 is 0. The maximum Gasteiger partial charge on any atom is 0.257 e. The van der Waals surface area contributed by atoms with Gasteiger partial charge < -0.3 is 15.1 Å². The van der Waals surface area contributed by atoms with Gasteiger partial charge >= 0.3 is 0 Å². The standard InChI is InChI=1S/C24H24ClN5O2S/c25-17-7-8-20(27-15-17)29-10-12-30(13-11-29)24(32)21-18-5-1-2-6-19(18)33-23(21)28-22(31)16-4-3-9-26-14-16/h3-4,7-9,14-15H,1-2,5-6,10-13H2,(H,28,31). The van der Waals surface area contributed by atoms with Crippen molar-refractivity contribution in [2.75, 3.05) is 36.4 Å². The average molecular weight is 482 g/mol. The van der Waals surface area contributed by atoms with Gasteiger partial charge in [0.1, 0.15) is 10.8 Å². The fourth-order valence-electron chi connectivity index (χ4n) is 4.40. The molecule has 0 spiro atoms. The number of carbonyl (C=O) groups excluding carboxylic acids is 2. The van der Waals surface area contributed by atoms with Gasteiger partial charge in [0.25, 0.3) is 11.8 Å². The van der Waals surface area contributed by atoms with Crippen molar-refractivity contribution in [3.05, 3.63) is 69.4 Å². The van der Waals surface area contributed by atoms with Crippen molar-refractivity contribution in [3.63, 3.8) is 0 Å². The number of amides is 2. The van der Waals surface area contributed by atoms with E-state index in [0.717, 1.165) is 37.1 Å². The second-order valence-corrected chi connectivity index (χ2v) is 9.77. The van der Waals surface area contributed by atoms with Crippen molar-refractivity contribution in [1.29, 1.82) is 0 Å². The van der Waals surface area contributed by atoms with E-state index in [1.807, 2.05) is 17.0 Å². The molecule has 1 N–H and O–H groups in total. The van der Waals surface area contributed by atoms with Crippen molar-refractivity contribution in [1.82, 2.24) is 14.9 Å². The van der Waals surface area contributed by atoms with E-state index in [2.05, 4.69) is 20.2 Å². The predicted molar refractivity (Wildman–Crippen MR) is 131 cm³/mol. The Balaban J connectivity index is 1.35. The molecule has 9 heteroatoms. The third-order valence-corrected chi connectivity index (χ3v) is 7.57. The van der Waals surface area contributed by atoms with Gasteiger partial charge in [-0.2, -0.15) is 0 Å². The van der Waals surface area contributed by atoms with Gasteiger partial charge in [-0.25, -0.2) is 4.98 Å². The van der Waals surface area contributed by atoms with Crippen LogP contribution in [0, 0.1) is 0 Å². The Bertz CT molecular complexity index is 1160. The van der Waals surface area contributed by atoms with Crippen LogP contribution in [0.1, 0.15) is 44.0 Å². The summed E-state index contributed by atoms with van der Waals surface area (Å²) in [6.07, 6.45) is 8.83. The lowest BCUT2D eigenvalue weighted by molar-refractivity contribution is 0.0746. The number of aromatic nitrogens is 2. The van der Waals surface area contributed by atoms with Gasteiger partial charge in [0.2, 0.25) is 0 Å². The number of halogens is 1. The highest BCUT2D eigenvalue weighted by Gasteiger charge is 2.31. The minimum atomic E-state index is -0.241. The van der Waals surface area contributed by atoms with Gasteiger partial charge in [-0.05, 0) is 55.5 Å². The van der Waals surface area contributed by atoms with Gasteiger partial charge in [0, 0.05) is 49.6 Å². The van der Waals surface area contributed by atoms with E-state index in [1.54, 1.807) is 35.9 Å². The van der Waals surface area contributed by atoms with E-state index >= 15 is 0 Å². The van der Waals surface area contributed by atoms with Gasteiger partial charge in [-0.1, -0.05) is 11.6 Å². The third-order valence-electron chi connectivity index (χ3n) is 6.14. The Labute approximate surface area is 201 Å². The van der Waals surface area contributed by atoms with E-state index in [4.69, 9.17) is 11.6 Å². The van der Waals surface area contributed by atoms with Crippen molar-refractivity contribution >= 4 is 45.6 Å². The van der Waals surface area contributed by atoms with E-state index < -0.39 is 0 Å². The molecule has 1 fully saturated rings. The maximum absolute atomic E-state index is 13.7. The maximum atomic E-state index is 13.7. The summed E-state index contributed by atoms with van der Waals surface area (Å²) >= 11 is 7.50. The van der Waals surface area contributed by atoms with Crippen LogP contribution < -0.4 is 10.2 Å². The average Bonchev–Trinajstić information content (AvgIpc) is 3.22. The lowest BCUT2D eigenvalue weighted by atomic mass is 9.95. The number of rotatable bonds is 4. The zero-order valence-electron chi connectivity index (χ0n) is 18.1. The van der Waals surface area contributed by atoms with Crippen LogP contribution >= 0.6 is 22.9 Å². The molecule has 3 aromatic heterocycles. The molecule has 5 rings (SSSR count). The molecule has 4 heterocycles. The van der Waals surface area contributed by atoms with E-state index in [1.165, 1.54) is 11.1 Å². The van der Waals surface area contributed by atoms with E-state index in [0.29, 0.717) is 47.3 Å². The first-order valence-corrected chi connectivity index (χ1v) is 12.3. The second-order valence-electron chi connectivity index (χ2n) is 8.22. The zero-order valence-corrected chi connectivity index (χ0v) is 19.7. The molecule has 0 radical (unpaired) electrons. The molecule has 2 aliphatic rings. The van der Waals surface area contributed by atoms with Crippen molar-refractivity contribution in [2.45, 2.75) is 25.7 Å². The second kappa shape index (κ2) is 9.49. The van der Waals surface area contributed by atoms with Crippen LogP contribution in [0.2, 0.25) is 5.02 Å². The quantitative estimate of drug-likeness (QED) is 0.601. The number of fused-ring (bicyclic) bond motifs is 1. The fourth-order valence-corrected chi connectivity index (χ4v) is 5.79. The molecule has 1 aliphatic carbocycles. The van der Waals surface area contributed by atoms with Crippen LogP contribution in [0.3, 0.4) is 0 Å². The third kappa shape index (κ3) is 4.58. The summed E-state index contributed by atoms with van der Waals surface area (Å²) in [5.74, 6) is 0.623. The summed E-state index contributed by atoms with van der Waals surface area (Å²) in [4.78, 5) is 40.2. The number of nitrogens with one attached hydrogen (secondary N) is 1. The monoisotopic (exact) mass is 481 g/mol. The number of hydrogen-bond donors (Lipinski definition) is 1. The molecule has 2 amide bonds. The molecular formula is C24H24ClN5O2S. The number of hydrogen-bond acceptors (Lipinski definition) is 6. The van der Waals surface area contributed by atoms with Gasteiger partial charge in [-0.15, -0.1) is 11.3 Å². The number of aryl methyl sites for hydroxylation is 1. The van der Waals surface area contributed by atoms with Crippen LogP contribution in [0.15, 0.2) is 42.9 Å². The van der Waals surface area contributed by atoms with Crippen molar-refractivity contribution in [3.8, 4) is 0 Å². The van der Waals surface area contributed by atoms with Gasteiger partial charge in [0.15, 0.2) is 0 Å². The summed E-state index contributed by atoms with van der Waals surface area (Å²) in [7, 11) is 0. The van der Waals surface area contributed by atoms with E-state index in [-0.39, 0.29) is 11.8 Å². The lowest BCUT2D eigenvalue weighted by Crippen LogP contribution is -2.49. The number of anilines is 2. The Kier molecular flexibility index (Phi) is 6.28. The molecule has 0 aromatic carbocycles. The minimum absolute atomic E-state index is 0.000369. The Morgan fingerprint density at radius 3 is 2.58 bits per heavy atom. The van der Waals surface area contributed by atoms with Gasteiger partial charge in [-0.3, -0.25) is 14.6 Å². The molecule has 3 aromatic rings. The molecule has 0 unspecified atom stereocenters. The topological polar surface area (TPSA) is 78.4 Å². The Morgan fingerprint density at radius 2 is 1.85 bits per heavy atom. The summed E-state index contributed by atoms with van der Waals surface area (Å²) in [5.41, 5.74) is 2.26. The zero-order chi connectivity index (χ0) is 22.8. The Hall–Kier alpha value is -2.97. The van der Waals surface area contributed by atoms with E-state index in [9.17, 15) is 9.59 Å². The van der Waals surface area contributed by atoms with Crippen LogP contribution in [0.4, 0.5) is 10.8 Å². The minimum Gasteiger partial charge on any atom is -0.353 e. The molecule has 170 valence electrons. The first kappa shape index (κ1) is 21.9. The highest BCUT2D eigenvalue weighted by Crippen LogP contribution is 2.39. The van der Waals surface area contributed by atoms with Crippen LogP contribution in [-0.4, -0.2) is 52.9 Å². The summed E-state index contributed by atoms with van der Waals surface area (Å²) in [6.45, 7) is 2.60. The molecule has 0 bridgehead atoms. The number of thiophene rings is 1. The number of carbonyl (C=O) groups is 2. The van der Waals surface area contributed by atoms with Gasteiger partial charge in [0.05, 0.1) is 16.1 Å².